The number of H-pyrrole nitrogens is 1. The second-order valence-corrected chi connectivity index (χ2v) is 9.62. The molecule has 1 heterocycles. The summed E-state index contributed by atoms with van der Waals surface area (Å²) in [5.74, 6) is 0.493. The zero-order valence-corrected chi connectivity index (χ0v) is 19.4. The minimum Gasteiger partial charge on any atom is -0.496 e. The molecule has 3 aromatic carbocycles. The molecule has 10 heteroatoms. The quantitative estimate of drug-likeness (QED) is 0.325. The van der Waals surface area contributed by atoms with E-state index in [0.29, 0.717) is 28.3 Å². The van der Waals surface area contributed by atoms with Crippen molar-refractivity contribution >= 4 is 43.3 Å². The van der Waals surface area contributed by atoms with Gasteiger partial charge in [-0.1, -0.05) is 24.3 Å². The molecule has 0 radical (unpaired) electrons. The Balaban J connectivity index is 1.58. The number of hydrogen-bond acceptors (Lipinski definition) is 4. The average molecular weight is 495 g/mol. The van der Waals surface area contributed by atoms with Crippen molar-refractivity contribution < 1.29 is 26.7 Å². The van der Waals surface area contributed by atoms with Gasteiger partial charge in [0.05, 0.1) is 12.0 Å². The van der Waals surface area contributed by atoms with Gasteiger partial charge in [-0.25, -0.2) is 13.1 Å². The van der Waals surface area contributed by atoms with E-state index < -0.39 is 15.6 Å². The molecule has 0 bridgehead atoms. The number of ether oxygens (including phenoxy) is 2. The van der Waals surface area contributed by atoms with Gasteiger partial charge in [0.2, 0.25) is 10.0 Å². The smallest absolute Gasteiger partial charge is 0.487 e. The third-order valence-corrected chi connectivity index (χ3v) is 6.94. The minimum atomic E-state index is -3.82. The van der Waals surface area contributed by atoms with Gasteiger partial charge in [-0.05, 0) is 49.2 Å². The first-order valence-electron chi connectivity index (χ1n) is 10.0. The van der Waals surface area contributed by atoms with Crippen LogP contribution in [0.4, 0.5) is 8.78 Å². The van der Waals surface area contributed by atoms with Crippen LogP contribution in [0.25, 0.3) is 21.7 Å². The number of sulfonamides is 1. The second kappa shape index (κ2) is 8.81. The lowest BCUT2D eigenvalue weighted by Gasteiger charge is -2.12. The highest BCUT2D eigenvalue weighted by Gasteiger charge is 2.28. The van der Waals surface area contributed by atoms with Crippen molar-refractivity contribution in [2.24, 2.45) is 0 Å². The fourth-order valence-corrected chi connectivity index (χ4v) is 5.26. The van der Waals surface area contributed by atoms with Gasteiger partial charge in [-0.2, -0.15) is 0 Å². The van der Waals surface area contributed by atoms with E-state index in [0.717, 1.165) is 16.8 Å². The highest BCUT2D eigenvalue weighted by molar-refractivity contribution is 7.89. The fraction of sp³-hybridized carbons (Fsp3) is 0.217. The number of alkyl halides is 3. The van der Waals surface area contributed by atoms with Crippen molar-refractivity contribution in [2.45, 2.75) is 23.8 Å². The normalized spacial score (nSPS) is 12.4. The van der Waals surface area contributed by atoms with Gasteiger partial charge >= 0.3 is 5.57 Å². The van der Waals surface area contributed by atoms with E-state index >= 15 is 0 Å². The van der Waals surface area contributed by atoms with Crippen LogP contribution in [0.1, 0.15) is 11.3 Å². The molecule has 1 aromatic heterocycles. The van der Waals surface area contributed by atoms with Crippen LogP contribution in [0, 0.1) is 6.92 Å². The minimum absolute atomic E-state index is 0.0898. The summed E-state index contributed by atoms with van der Waals surface area (Å²) in [6, 6.07) is 14.7. The summed E-state index contributed by atoms with van der Waals surface area (Å²) in [4.78, 5) is 3.31. The van der Waals surface area contributed by atoms with Crippen LogP contribution in [0.2, 0.25) is 0 Å². The first-order valence-corrected chi connectivity index (χ1v) is 11.9. The third-order valence-electron chi connectivity index (χ3n) is 5.35. The Kier molecular flexibility index (Phi) is 6.22. The Bertz CT molecular complexity index is 1430. The lowest BCUT2D eigenvalue weighted by atomic mass is 10.1. The molecular weight excluding hydrogens is 474 g/mol. The second-order valence-electron chi connectivity index (χ2n) is 7.44. The van der Waals surface area contributed by atoms with E-state index in [9.17, 15) is 17.2 Å². The molecule has 33 heavy (non-hydrogen) atoms. The van der Waals surface area contributed by atoms with Gasteiger partial charge in [0, 0.05) is 45.5 Å². The molecule has 0 aliphatic heterocycles. The van der Waals surface area contributed by atoms with Crippen LogP contribution in [0.5, 0.6) is 11.5 Å². The average Bonchev–Trinajstić information content (AvgIpc) is 3.06. The molecule has 0 spiro atoms. The summed E-state index contributed by atoms with van der Waals surface area (Å²) in [6.45, 7) is 1.94. The van der Waals surface area contributed by atoms with Gasteiger partial charge in [-0.15, -0.1) is 8.78 Å². The molecule has 0 fully saturated rings. The first-order chi connectivity index (χ1) is 15.6. The number of nitrogens with one attached hydrogen (secondary N) is 2. The highest BCUT2D eigenvalue weighted by Crippen LogP contribution is 2.32. The largest absolute Gasteiger partial charge is 0.496 e. The van der Waals surface area contributed by atoms with Crippen molar-refractivity contribution in [2.75, 3.05) is 13.7 Å². The number of aromatic amines is 1. The number of hydrogen-bond donors (Lipinski definition) is 2. The molecule has 174 valence electrons. The van der Waals surface area contributed by atoms with E-state index in [-0.39, 0.29) is 17.2 Å². The van der Waals surface area contributed by atoms with Crippen LogP contribution in [0.15, 0.2) is 59.5 Å². The maximum Gasteiger partial charge on any atom is 0.487 e. The predicted octanol–water partition coefficient (Wildman–Crippen LogP) is 5.33. The summed E-state index contributed by atoms with van der Waals surface area (Å²) < 4.78 is 64.6. The Morgan fingerprint density at radius 3 is 2.48 bits per heavy atom. The van der Waals surface area contributed by atoms with Crippen LogP contribution < -0.4 is 14.2 Å². The van der Waals surface area contributed by atoms with Gasteiger partial charge in [0.1, 0.15) is 11.5 Å². The number of aryl methyl sites for hydroxylation is 1. The Morgan fingerprint density at radius 1 is 1.06 bits per heavy atom. The maximum absolute atomic E-state index is 13.1. The molecule has 0 saturated carbocycles. The van der Waals surface area contributed by atoms with E-state index in [1.54, 1.807) is 30.3 Å². The van der Waals surface area contributed by atoms with Crippen LogP contribution >= 0.6 is 11.6 Å². The molecule has 2 N–H and O–H groups in total. The predicted molar refractivity (Wildman–Crippen MR) is 124 cm³/mol. The summed E-state index contributed by atoms with van der Waals surface area (Å²) in [5, 5.41) is 1.90. The zero-order chi connectivity index (χ0) is 23.8. The van der Waals surface area contributed by atoms with Gasteiger partial charge < -0.3 is 14.5 Å². The Hall–Kier alpha value is -2.88. The van der Waals surface area contributed by atoms with Crippen molar-refractivity contribution in [1.82, 2.24) is 9.71 Å². The van der Waals surface area contributed by atoms with Crippen LogP contribution in [0.3, 0.4) is 0 Å². The van der Waals surface area contributed by atoms with Crippen molar-refractivity contribution in [1.29, 1.82) is 0 Å². The molecular formula is C23H21ClF2N2O4S. The lowest BCUT2D eigenvalue weighted by molar-refractivity contribution is -0.0964. The number of aromatic nitrogens is 1. The van der Waals surface area contributed by atoms with Crippen molar-refractivity contribution in [3.05, 3.63) is 65.9 Å². The number of fused-ring (bicyclic) bond motifs is 2. The Labute approximate surface area is 194 Å². The summed E-state index contributed by atoms with van der Waals surface area (Å²) in [6.07, 6.45) is 0.333. The van der Waals surface area contributed by atoms with Crippen molar-refractivity contribution in [3.8, 4) is 11.5 Å². The number of benzene rings is 3. The molecule has 0 aliphatic carbocycles. The van der Waals surface area contributed by atoms with E-state index in [1.807, 2.05) is 13.0 Å². The summed E-state index contributed by atoms with van der Waals surface area (Å²) >= 11 is 4.87. The molecule has 4 rings (SSSR count). The van der Waals surface area contributed by atoms with E-state index in [4.69, 9.17) is 16.3 Å². The fourth-order valence-electron chi connectivity index (χ4n) is 3.93. The lowest BCUT2D eigenvalue weighted by Crippen LogP contribution is -2.26. The molecule has 0 atom stereocenters. The van der Waals surface area contributed by atoms with E-state index in [2.05, 4.69) is 14.4 Å². The SMILES string of the molecule is COc1ccc(S(=O)(=O)NCCc2c(C)[nH]c3ccc(OC(F)(F)Cl)cc23)c2ccccc12. The molecule has 0 unspecified atom stereocenters. The monoisotopic (exact) mass is 494 g/mol. The van der Waals surface area contributed by atoms with Gasteiger partial charge in [0.15, 0.2) is 0 Å². The van der Waals surface area contributed by atoms with Crippen LogP contribution in [-0.2, 0) is 16.4 Å². The van der Waals surface area contributed by atoms with Gasteiger partial charge in [-0.3, -0.25) is 0 Å². The molecule has 4 aromatic rings. The highest BCUT2D eigenvalue weighted by atomic mass is 35.5. The third kappa shape index (κ3) is 4.90. The standard InChI is InChI=1S/C23H21ClF2N2O4S/c1-14-16(19-13-15(32-23(24,25)26)7-8-20(19)28-14)11-12-27-33(29,30)22-10-9-21(31-2)17-5-3-4-6-18(17)22/h3-10,13,27-28H,11-12H2,1-2H3. The number of rotatable bonds is 8. The zero-order valence-electron chi connectivity index (χ0n) is 17.8. The molecule has 6 nitrogen and oxygen atoms in total. The maximum atomic E-state index is 13.1. The molecule has 0 aliphatic rings. The van der Waals surface area contributed by atoms with E-state index in [1.165, 1.54) is 25.3 Å². The van der Waals surface area contributed by atoms with Gasteiger partial charge in [0.25, 0.3) is 0 Å². The van der Waals surface area contributed by atoms with Crippen LogP contribution in [-0.4, -0.2) is 32.6 Å². The molecule has 0 saturated heterocycles. The topological polar surface area (TPSA) is 80.4 Å². The number of methoxy groups -OCH3 is 1. The molecule has 0 amide bonds. The number of halogens is 3. The van der Waals surface area contributed by atoms with Crippen molar-refractivity contribution in [3.63, 3.8) is 0 Å². The summed E-state index contributed by atoms with van der Waals surface area (Å²) in [7, 11) is -2.29. The summed E-state index contributed by atoms with van der Waals surface area (Å²) in [5.41, 5.74) is -1.52. The first kappa shape index (κ1) is 23.3. The Morgan fingerprint density at radius 2 is 1.79 bits per heavy atom.